The monoisotopic (exact) mass is 329 g/mol. The van der Waals surface area contributed by atoms with Crippen LogP contribution in [0.4, 0.5) is 0 Å². The molecule has 0 radical (unpaired) electrons. The third-order valence-electron chi connectivity index (χ3n) is 3.94. The third-order valence-corrected chi connectivity index (χ3v) is 3.94. The lowest BCUT2D eigenvalue weighted by Crippen LogP contribution is -2.31. The number of rotatable bonds is 7. The highest BCUT2D eigenvalue weighted by atomic mass is 16.5. The van der Waals surface area contributed by atoms with Crippen molar-refractivity contribution in [2.75, 3.05) is 6.54 Å². The van der Waals surface area contributed by atoms with E-state index >= 15 is 0 Å². The zero-order chi connectivity index (χ0) is 16.9. The summed E-state index contributed by atoms with van der Waals surface area (Å²) in [5.41, 5.74) is 0.795. The summed E-state index contributed by atoms with van der Waals surface area (Å²) >= 11 is 0. The SMILES string of the molecule is C[C@H]1C[C@H]1C(=O)NCCC(=O)NCc1nc(-c2ccncc2)no1. The number of nitrogens with zero attached hydrogens (tertiary/aromatic N) is 3. The molecule has 3 rings (SSSR count). The van der Waals surface area contributed by atoms with E-state index < -0.39 is 0 Å². The largest absolute Gasteiger partial charge is 0.355 e. The van der Waals surface area contributed by atoms with Gasteiger partial charge in [0.15, 0.2) is 0 Å². The minimum atomic E-state index is -0.178. The first kappa shape index (κ1) is 16.1. The van der Waals surface area contributed by atoms with Crippen LogP contribution in [0.15, 0.2) is 29.0 Å². The molecule has 2 aromatic rings. The van der Waals surface area contributed by atoms with Gasteiger partial charge in [0.2, 0.25) is 23.5 Å². The van der Waals surface area contributed by atoms with Crippen LogP contribution in [0.1, 0.15) is 25.7 Å². The van der Waals surface area contributed by atoms with Crippen LogP contribution in [-0.2, 0) is 16.1 Å². The molecule has 0 spiro atoms. The fourth-order valence-corrected chi connectivity index (χ4v) is 2.33. The number of hydrogen-bond acceptors (Lipinski definition) is 6. The Morgan fingerprint density at radius 2 is 2.04 bits per heavy atom. The molecule has 1 aliphatic rings. The minimum Gasteiger partial charge on any atom is -0.355 e. The van der Waals surface area contributed by atoms with E-state index in [1.54, 1.807) is 24.5 Å². The number of amides is 2. The molecule has 126 valence electrons. The van der Waals surface area contributed by atoms with E-state index in [1.807, 2.05) is 6.92 Å². The van der Waals surface area contributed by atoms with Crippen molar-refractivity contribution in [2.24, 2.45) is 11.8 Å². The summed E-state index contributed by atoms with van der Waals surface area (Å²) in [5, 5.41) is 9.33. The highest BCUT2D eigenvalue weighted by Crippen LogP contribution is 2.37. The lowest BCUT2D eigenvalue weighted by molar-refractivity contribution is -0.123. The van der Waals surface area contributed by atoms with Gasteiger partial charge in [0.05, 0.1) is 6.54 Å². The van der Waals surface area contributed by atoms with Gasteiger partial charge in [0.1, 0.15) is 0 Å². The van der Waals surface area contributed by atoms with Crippen molar-refractivity contribution in [3.8, 4) is 11.4 Å². The lowest BCUT2D eigenvalue weighted by atomic mass is 10.2. The molecule has 24 heavy (non-hydrogen) atoms. The highest BCUT2D eigenvalue weighted by molar-refractivity contribution is 5.82. The molecule has 1 fully saturated rings. The summed E-state index contributed by atoms with van der Waals surface area (Å²) in [6.07, 6.45) is 4.45. The number of aromatic nitrogens is 3. The summed E-state index contributed by atoms with van der Waals surface area (Å²) < 4.78 is 5.10. The van der Waals surface area contributed by atoms with Gasteiger partial charge < -0.3 is 15.2 Å². The van der Waals surface area contributed by atoms with Crippen molar-refractivity contribution in [1.82, 2.24) is 25.8 Å². The molecule has 0 unspecified atom stereocenters. The van der Waals surface area contributed by atoms with Crippen LogP contribution in [0.3, 0.4) is 0 Å². The third kappa shape index (κ3) is 4.15. The Kier molecular flexibility index (Phi) is 4.83. The van der Waals surface area contributed by atoms with Crippen LogP contribution in [-0.4, -0.2) is 33.5 Å². The summed E-state index contributed by atoms with van der Waals surface area (Å²) in [5.74, 6) is 1.22. The van der Waals surface area contributed by atoms with Crippen LogP contribution in [0.2, 0.25) is 0 Å². The quantitative estimate of drug-likeness (QED) is 0.781. The summed E-state index contributed by atoms with van der Waals surface area (Å²) in [6.45, 7) is 2.53. The molecule has 8 nitrogen and oxygen atoms in total. The second-order valence-electron chi connectivity index (χ2n) is 5.88. The molecule has 1 aliphatic carbocycles. The molecule has 0 saturated heterocycles. The summed E-state index contributed by atoms with van der Waals surface area (Å²) in [7, 11) is 0. The van der Waals surface area contributed by atoms with E-state index in [-0.39, 0.29) is 30.7 Å². The van der Waals surface area contributed by atoms with E-state index in [1.165, 1.54) is 0 Å². The number of nitrogens with one attached hydrogen (secondary N) is 2. The zero-order valence-electron chi connectivity index (χ0n) is 13.4. The Morgan fingerprint density at radius 1 is 1.29 bits per heavy atom. The molecular formula is C16H19N5O3. The van der Waals surface area contributed by atoms with Gasteiger partial charge in [-0.3, -0.25) is 14.6 Å². The van der Waals surface area contributed by atoms with E-state index in [4.69, 9.17) is 4.52 Å². The van der Waals surface area contributed by atoms with Gasteiger partial charge in [-0.05, 0) is 24.5 Å². The van der Waals surface area contributed by atoms with Crippen LogP contribution in [0.25, 0.3) is 11.4 Å². The molecule has 1 saturated carbocycles. The maximum absolute atomic E-state index is 11.8. The van der Waals surface area contributed by atoms with Crippen molar-refractivity contribution in [2.45, 2.75) is 26.3 Å². The number of carbonyl (C=O) groups is 2. The minimum absolute atomic E-state index is 0.0363. The fraction of sp³-hybridized carbons (Fsp3) is 0.438. The molecule has 0 bridgehead atoms. The van der Waals surface area contributed by atoms with Gasteiger partial charge in [-0.15, -0.1) is 0 Å². The van der Waals surface area contributed by atoms with E-state index in [2.05, 4.69) is 25.8 Å². The number of carbonyl (C=O) groups excluding carboxylic acids is 2. The Balaban J connectivity index is 1.38. The Labute approximate surface area is 139 Å². The van der Waals surface area contributed by atoms with Gasteiger partial charge in [-0.25, -0.2) is 0 Å². The first-order valence-corrected chi connectivity index (χ1v) is 7.91. The maximum Gasteiger partial charge on any atom is 0.246 e. The average molecular weight is 329 g/mol. The Hall–Kier alpha value is -2.77. The van der Waals surface area contributed by atoms with E-state index in [9.17, 15) is 9.59 Å². The number of pyridine rings is 1. The molecule has 2 heterocycles. The summed E-state index contributed by atoms with van der Waals surface area (Å²) in [6, 6.07) is 3.55. The smallest absolute Gasteiger partial charge is 0.246 e. The van der Waals surface area contributed by atoms with Crippen molar-refractivity contribution in [3.05, 3.63) is 30.4 Å². The molecule has 2 amide bonds. The Morgan fingerprint density at radius 3 is 2.75 bits per heavy atom. The van der Waals surface area contributed by atoms with E-state index in [0.717, 1.165) is 12.0 Å². The first-order chi connectivity index (χ1) is 11.6. The molecule has 0 aromatic carbocycles. The van der Waals surface area contributed by atoms with Gasteiger partial charge >= 0.3 is 0 Å². The van der Waals surface area contributed by atoms with Crippen molar-refractivity contribution < 1.29 is 14.1 Å². The van der Waals surface area contributed by atoms with Crippen molar-refractivity contribution in [3.63, 3.8) is 0 Å². The van der Waals surface area contributed by atoms with Gasteiger partial charge in [-0.1, -0.05) is 12.1 Å². The molecule has 2 aromatic heterocycles. The summed E-state index contributed by atoms with van der Waals surface area (Å²) in [4.78, 5) is 31.5. The van der Waals surface area contributed by atoms with Crippen molar-refractivity contribution >= 4 is 11.8 Å². The van der Waals surface area contributed by atoms with Crippen LogP contribution in [0.5, 0.6) is 0 Å². The van der Waals surface area contributed by atoms with Gasteiger partial charge in [-0.2, -0.15) is 4.98 Å². The standard InChI is InChI=1S/C16H19N5O3/c1-10-8-12(10)16(23)18-7-4-13(22)19-9-14-20-15(21-24-14)11-2-5-17-6-3-11/h2-3,5-6,10,12H,4,7-9H2,1H3,(H,18,23)(H,19,22)/t10-,12+/m0/s1. The van der Waals surface area contributed by atoms with Gasteiger partial charge in [0.25, 0.3) is 0 Å². The molecular weight excluding hydrogens is 310 g/mol. The van der Waals surface area contributed by atoms with Crippen molar-refractivity contribution in [1.29, 1.82) is 0 Å². The van der Waals surface area contributed by atoms with Crippen LogP contribution < -0.4 is 10.6 Å². The normalized spacial score (nSPS) is 18.9. The predicted octanol–water partition coefficient (Wildman–Crippen LogP) is 0.910. The second kappa shape index (κ2) is 7.20. The molecule has 2 atom stereocenters. The molecule has 0 aliphatic heterocycles. The average Bonchev–Trinajstić information content (AvgIpc) is 3.14. The lowest BCUT2D eigenvalue weighted by Gasteiger charge is -2.04. The van der Waals surface area contributed by atoms with E-state index in [0.29, 0.717) is 24.2 Å². The maximum atomic E-state index is 11.8. The zero-order valence-corrected chi connectivity index (χ0v) is 13.4. The first-order valence-electron chi connectivity index (χ1n) is 7.91. The molecule has 2 N–H and O–H groups in total. The number of hydrogen-bond donors (Lipinski definition) is 2. The molecule has 8 heteroatoms. The predicted molar refractivity (Wildman–Crippen MR) is 84.3 cm³/mol. The second-order valence-corrected chi connectivity index (χ2v) is 5.88. The van der Waals surface area contributed by atoms with Crippen LogP contribution >= 0.6 is 0 Å². The van der Waals surface area contributed by atoms with Gasteiger partial charge in [0, 0.05) is 36.8 Å². The topological polar surface area (TPSA) is 110 Å². The Bertz CT molecular complexity index is 716. The fourth-order valence-electron chi connectivity index (χ4n) is 2.33. The van der Waals surface area contributed by atoms with Crippen LogP contribution in [0, 0.1) is 11.8 Å². The highest BCUT2D eigenvalue weighted by Gasteiger charge is 2.38.